The van der Waals surface area contributed by atoms with Crippen molar-refractivity contribution >= 4 is 34.3 Å². The molecule has 3 N–H and O–H groups in total. The number of nitrogens with one attached hydrogen (secondary N) is 1. The Bertz CT molecular complexity index is 997. The second-order valence-corrected chi connectivity index (χ2v) is 6.92. The van der Waals surface area contributed by atoms with Gasteiger partial charge in [-0.25, -0.2) is 9.97 Å². The fraction of sp³-hybridized carbons (Fsp3) is 0.167. The highest BCUT2D eigenvalue weighted by Gasteiger charge is 2.32. The Morgan fingerprint density at radius 3 is 2.68 bits per heavy atom. The van der Waals surface area contributed by atoms with E-state index < -0.39 is 11.7 Å². The van der Waals surface area contributed by atoms with Gasteiger partial charge in [0.05, 0.1) is 11.8 Å². The molecule has 0 unspecified atom stereocenters. The van der Waals surface area contributed by atoms with E-state index in [-0.39, 0.29) is 0 Å². The van der Waals surface area contributed by atoms with Gasteiger partial charge in [-0.1, -0.05) is 18.2 Å². The zero-order chi connectivity index (χ0) is 20.3. The van der Waals surface area contributed by atoms with Crippen molar-refractivity contribution in [2.45, 2.75) is 6.18 Å². The van der Waals surface area contributed by atoms with Crippen LogP contribution < -0.4 is 16.1 Å². The van der Waals surface area contributed by atoms with Crippen molar-refractivity contribution in [3.63, 3.8) is 0 Å². The Morgan fingerprint density at radius 2 is 2.04 bits per heavy atom. The van der Waals surface area contributed by atoms with Crippen LogP contribution in [0.25, 0.3) is 11.1 Å². The van der Waals surface area contributed by atoms with Crippen LogP contribution in [0.15, 0.2) is 47.0 Å². The third-order valence-corrected chi connectivity index (χ3v) is 4.48. The first kappa shape index (κ1) is 19.6. The third kappa shape index (κ3) is 4.58. The number of aromatic nitrogens is 2. The lowest BCUT2D eigenvalue weighted by Crippen LogP contribution is -2.14. The van der Waals surface area contributed by atoms with Crippen molar-refractivity contribution in [2.75, 3.05) is 30.2 Å². The second-order valence-electron chi connectivity index (χ2n) is 6.06. The van der Waals surface area contributed by atoms with E-state index in [9.17, 15) is 13.2 Å². The number of benzene rings is 1. The molecule has 3 aromatic rings. The van der Waals surface area contributed by atoms with Gasteiger partial charge in [-0.15, -0.1) is 11.3 Å². The normalized spacial score (nSPS) is 11.8. The van der Waals surface area contributed by atoms with E-state index >= 15 is 0 Å². The van der Waals surface area contributed by atoms with Crippen LogP contribution in [0.3, 0.4) is 0 Å². The molecule has 0 saturated heterocycles. The second kappa shape index (κ2) is 7.85. The molecular weight excluding hydrogens is 389 g/mol. The number of halogens is 3. The molecule has 1 aromatic carbocycles. The van der Waals surface area contributed by atoms with Gasteiger partial charge in [0.25, 0.3) is 0 Å². The number of hydrogen-bond donors (Lipinski definition) is 2. The molecule has 6 nitrogen and oxygen atoms in total. The van der Waals surface area contributed by atoms with Gasteiger partial charge in [0.15, 0.2) is 0 Å². The third-order valence-electron chi connectivity index (χ3n) is 3.71. The van der Waals surface area contributed by atoms with Crippen molar-refractivity contribution in [1.29, 1.82) is 0 Å². The van der Waals surface area contributed by atoms with Gasteiger partial charge in [-0.3, -0.25) is 5.43 Å². The molecule has 0 bridgehead atoms. The Labute approximate surface area is 163 Å². The molecule has 0 spiro atoms. The summed E-state index contributed by atoms with van der Waals surface area (Å²) in [4.78, 5) is 9.69. The Kier molecular flexibility index (Phi) is 5.50. The molecule has 0 atom stereocenters. The number of thiazole rings is 1. The van der Waals surface area contributed by atoms with Gasteiger partial charge in [-0.05, 0) is 23.3 Å². The van der Waals surface area contributed by atoms with Crippen LogP contribution in [0.2, 0.25) is 0 Å². The van der Waals surface area contributed by atoms with Crippen molar-refractivity contribution in [1.82, 2.24) is 9.97 Å². The number of nitrogens with zero attached hydrogens (tertiary/aromatic N) is 4. The van der Waals surface area contributed by atoms with Crippen LogP contribution in [0.4, 0.5) is 29.9 Å². The number of hydrazone groups is 1. The molecule has 0 saturated carbocycles. The van der Waals surface area contributed by atoms with Gasteiger partial charge >= 0.3 is 6.18 Å². The van der Waals surface area contributed by atoms with E-state index in [1.54, 1.807) is 54.9 Å². The summed E-state index contributed by atoms with van der Waals surface area (Å²) in [5, 5.41) is 6.31. The minimum absolute atomic E-state index is 0.385. The van der Waals surface area contributed by atoms with Crippen LogP contribution in [-0.4, -0.2) is 30.3 Å². The highest BCUT2D eigenvalue weighted by atomic mass is 32.1. The first-order valence-electron chi connectivity index (χ1n) is 8.09. The summed E-state index contributed by atoms with van der Waals surface area (Å²) in [5.74, 6) is 0.844. The maximum atomic E-state index is 13.1. The highest BCUT2D eigenvalue weighted by molar-refractivity contribution is 7.14. The van der Waals surface area contributed by atoms with Gasteiger partial charge in [0.2, 0.25) is 5.13 Å². The van der Waals surface area contributed by atoms with E-state index in [0.29, 0.717) is 33.5 Å². The summed E-state index contributed by atoms with van der Waals surface area (Å²) in [6.07, 6.45) is -2.07. The predicted octanol–water partition coefficient (Wildman–Crippen LogP) is 4.32. The molecule has 0 fully saturated rings. The smallest absolute Gasteiger partial charge is 0.383 e. The van der Waals surface area contributed by atoms with E-state index in [2.05, 4.69) is 20.5 Å². The van der Waals surface area contributed by atoms with Gasteiger partial charge in [-0.2, -0.15) is 18.3 Å². The molecule has 28 heavy (non-hydrogen) atoms. The number of alkyl halides is 3. The minimum Gasteiger partial charge on any atom is -0.383 e. The molecule has 10 heteroatoms. The van der Waals surface area contributed by atoms with E-state index in [1.165, 1.54) is 11.3 Å². The number of rotatable bonds is 5. The Morgan fingerprint density at radius 1 is 1.25 bits per heavy atom. The molecule has 0 amide bonds. The molecule has 2 aromatic heterocycles. The number of nitrogens with two attached hydrogens (primary N) is 1. The van der Waals surface area contributed by atoms with Crippen molar-refractivity contribution in [3.05, 3.63) is 53.0 Å². The van der Waals surface area contributed by atoms with E-state index in [4.69, 9.17) is 5.73 Å². The van der Waals surface area contributed by atoms with Crippen molar-refractivity contribution < 1.29 is 13.2 Å². The van der Waals surface area contributed by atoms with Gasteiger partial charge in [0, 0.05) is 31.2 Å². The summed E-state index contributed by atoms with van der Waals surface area (Å²) in [7, 11) is 3.46. The van der Waals surface area contributed by atoms with Gasteiger partial charge < -0.3 is 10.6 Å². The standard InChI is InChI=1S/C18H17F3N6S/c1-27(2)16-14(7-13(9-23-16)18(19,20)21)12-5-3-4-11(6-12)8-24-26-17-25-15(22)10-28-17/h3-10H,22H2,1-2H3,(H,25,26). The van der Waals surface area contributed by atoms with Crippen LogP contribution in [-0.2, 0) is 6.18 Å². The number of pyridine rings is 1. The summed E-state index contributed by atoms with van der Waals surface area (Å²) < 4.78 is 39.4. The minimum atomic E-state index is -4.47. The largest absolute Gasteiger partial charge is 0.417 e. The van der Waals surface area contributed by atoms with Crippen LogP contribution in [0.5, 0.6) is 0 Å². The molecule has 146 valence electrons. The van der Waals surface area contributed by atoms with E-state index in [1.807, 2.05) is 0 Å². The average Bonchev–Trinajstić information content (AvgIpc) is 3.06. The first-order chi connectivity index (χ1) is 13.2. The lowest BCUT2D eigenvalue weighted by atomic mass is 10.0. The fourth-order valence-electron chi connectivity index (χ4n) is 2.47. The topological polar surface area (TPSA) is 79.4 Å². The molecular formula is C18H17F3N6S. The zero-order valence-corrected chi connectivity index (χ0v) is 15.8. The quantitative estimate of drug-likeness (QED) is 0.487. The van der Waals surface area contributed by atoms with E-state index in [0.717, 1.165) is 12.3 Å². The highest BCUT2D eigenvalue weighted by Crippen LogP contribution is 2.35. The molecule has 0 radical (unpaired) electrons. The Balaban J connectivity index is 1.92. The maximum absolute atomic E-state index is 13.1. The number of nitrogen functional groups attached to an aromatic ring is 1. The van der Waals surface area contributed by atoms with Crippen molar-refractivity contribution in [2.24, 2.45) is 5.10 Å². The summed E-state index contributed by atoms with van der Waals surface area (Å²) in [6.45, 7) is 0. The molecule has 2 heterocycles. The SMILES string of the molecule is CN(C)c1ncc(C(F)(F)F)cc1-c1cccc(C=NNc2nc(N)cs2)c1. The summed E-state index contributed by atoms with van der Waals surface area (Å²) >= 11 is 1.31. The molecule has 0 aliphatic carbocycles. The first-order valence-corrected chi connectivity index (χ1v) is 8.97. The van der Waals surface area contributed by atoms with Crippen LogP contribution in [0, 0.1) is 0 Å². The molecule has 3 rings (SSSR count). The monoisotopic (exact) mass is 406 g/mol. The lowest BCUT2D eigenvalue weighted by molar-refractivity contribution is -0.137. The number of hydrogen-bond acceptors (Lipinski definition) is 7. The zero-order valence-electron chi connectivity index (χ0n) is 15.0. The Hall–Kier alpha value is -3.14. The van der Waals surface area contributed by atoms with Crippen LogP contribution in [0.1, 0.15) is 11.1 Å². The fourth-order valence-corrected chi connectivity index (χ4v) is 3.02. The van der Waals surface area contributed by atoms with Gasteiger partial charge in [0.1, 0.15) is 11.6 Å². The predicted molar refractivity (Wildman–Crippen MR) is 107 cm³/mol. The molecule has 0 aliphatic rings. The number of anilines is 3. The summed E-state index contributed by atoms with van der Waals surface area (Å²) in [6, 6.07) is 8.12. The molecule has 0 aliphatic heterocycles. The average molecular weight is 406 g/mol. The summed E-state index contributed by atoms with van der Waals surface area (Å²) in [5.41, 5.74) is 9.20. The van der Waals surface area contributed by atoms with Crippen molar-refractivity contribution in [3.8, 4) is 11.1 Å². The van der Waals surface area contributed by atoms with Crippen LogP contribution >= 0.6 is 11.3 Å². The maximum Gasteiger partial charge on any atom is 0.417 e. The lowest BCUT2D eigenvalue weighted by Gasteiger charge is -2.18.